The van der Waals surface area contributed by atoms with Crippen molar-refractivity contribution in [2.75, 3.05) is 6.61 Å². The first-order chi connectivity index (χ1) is 8.71. The van der Waals surface area contributed by atoms with Crippen molar-refractivity contribution in [1.82, 2.24) is 4.98 Å². The number of aromatic nitrogens is 1. The summed E-state index contributed by atoms with van der Waals surface area (Å²) >= 11 is 0. The fourth-order valence-electron chi connectivity index (χ4n) is 1.30. The van der Waals surface area contributed by atoms with E-state index in [1.54, 1.807) is 0 Å². The Morgan fingerprint density at radius 2 is 2.05 bits per heavy atom. The van der Waals surface area contributed by atoms with Gasteiger partial charge < -0.3 is 10.5 Å². The summed E-state index contributed by atoms with van der Waals surface area (Å²) in [4.78, 5) is 3.39. The first-order valence-corrected chi connectivity index (χ1v) is 5.77. The van der Waals surface area contributed by atoms with Gasteiger partial charge in [-0.3, -0.25) is 5.41 Å². The van der Waals surface area contributed by atoms with Crippen molar-refractivity contribution in [3.63, 3.8) is 0 Å². The molecule has 0 aliphatic rings. The fraction of sp³-hybridized carbons (Fsp3) is 0.500. The summed E-state index contributed by atoms with van der Waals surface area (Å²) in [5.41, 5.74) is 4.30. The van der Waals surface area contributed by atoms with Crippen LogP contribution >= 0.6 is 0 Å². The van der Waals surface area contributed by atoms with Crippen molar-refractivity contribution in [2.24, 2.45) is 11.7 Å². The van der Waals surface area contributed by atoms with Crippen LogP contribution in [0.3, 0.4) is 0 Å². The Morgan fingerprint density at radius 3 is 2.53 bits per heavy atom. The molecule has 106 valence electrons. The van der Waals surface area contributed by atoms with E-state index in [4.69, 9.17) is 15.9 Å². The number of nitrogen functional groups attached to an aromatic ring is 1. The van der Waals surface area contributed by atoms with Crippen LogP contribution in [0.5, 0.6) is 5.88 Å². The maximum atomic E-state index is 12.5. The molecule has 0 amide bonds. The van der Waals surface area contributed by atoms with Gasteiger partial charge in [0, 0.05) is 0 Å². The van der Waals surface area contributed by atoms with Crippen LogP contribution in [0.25, 0.3) is 0 Å². The maximum Gasteiger partial charge on any atom is 0.433 e. The van der Waals surface area contributed by atoms with Crippen LogP contribution in [0.15, 0.2) is 12.1 Å². The van der Waals surface area contributed by atoms with E-state index >= 15 is 0 Å². The van der Waals surface area contributed by atoms with Gasteiger partial charge in [0.1, 0.15) is 11.5 Å². The predicted molar refractivity (Wildman–Crippen MR) is 65.2 cm³/mol. The topological polar surface area (TPSA) is 72.0 Å². The van der Waals surface area contributed by atoms with Gasteiger partial charge in [-0.25, -0.2) is 4.98 Å². The minimum Gasteiger partial charge on any atom is -0.477 e. The van der Waals surface area contributed by atoms with Gasteiger partial charge in [0.25, 0.3) is 0 Å². The number of hydrogen-bond acceptors (Lipinski definition) is 3. The molecule has 0 aliphatic carbocycles. The van der Waals surface area contributed by atoms with E-state index in [1.165, 1.54) is 0 Å². The summed E-state index contributed by atoms with van der Waals surface area (Å²) in [5, 5.41) is 7.30. The lowest BCUT2D eigenvalue weighted by atomic mass is 10.1. The number of amidine groups is 1. The average Bonchev–Trinajstić information content (AvgIpc) is 2.26. The number of nitrogens with one attached hydrogen (secondary N) is 1. The standard InChI is InChI=1S/C12H16F3N3O/c1-7(2)5-6-19-11-8(10(16)17)3-4-9(18-11)12(13,14)15/h3-4,7H,5-6H2,1-2H3,(H3,16,17). The second kappa shape index (κ2) is 5.90. The number of nitrogens with two attached hydrogens (primary N) is 1. The van der Waals surface area contributed by atoms with Gasteiger partial charge in [0.15, 0.2) is 0 Å². The van der Waals surface area contributed by atoms with Crippen LogP contribution in [-0.4, -0.2) is 17.4 Å². The molecule has 7 heteroatoms. The minimum absolute atomic E-state index is 0.0664. The molecular weight excluding hydrogens is 259 g/mol. The molecule has 1 aromatic rings. The summed E-state index contributed by atoms with van der Waals surface area (Å²) in [6, 6.07) is 1.88. The molecule has 4 nitrogen and oxygen atoms in total. The van der Waals surface area contributed by atoms with Crippen LogP contribution in [0.1, 0.15) is 31.5 Å². The third-order valence-electron chi connectivity index (χ3n) is 2.37. The van der Waals surface area contributed by atoms with Crippen LogP contribution in [0, 0.1) is 11.3 Å². The lowest BCUT2D eigenvalue weighted by Gasteiger charge is -2.13. The van der Waals surface area contributed by atoms with Gasteiger partial charge in [-0.2, -0.15) is 13.2 Å². The molecule has 1 heterocycles. The Balaban J connectivity index is 2.99. The lowest BCUT2D eigenvalue weighted by Crippen LogP contribution is -2.17. The van der Waals surface area contributed by atoms with E-state index in [0.29, 0.717) is 12.3 Å². The molecular formula is C12H16F3N3O. The van der Waals surface area contributed by atoms with E-state index < -0.39 is 11.9 Å². The summed E-state index contributed by atoms with van der Waals surface area (Å²) in [6.45, 7) is 4.16. The van der Waals surface area contributed by atoms with Crippen LogP contribution in [0.2, 0.25) is 0 Å². The van der Waals surface area contributed by atoms with Crippen molar-refractivity contribution in [2.45, 2.75) is 26.4 Å². The Hall–Kier alpha value is -1.79. The monoisotopic (exact) mass is 275 g/mol. The van der Waals surface area contributed by atoms with Crippen molar-refractivity contribution in [3.8, 4) is 5.88 Å². The molecule has 0 saturated heterocycles. The Kier molecular flexibility index (Phi) is 4.74. The molecule has 0 bridgehead atoms. The molecule has 0 aromatic carbocycles. The molecule has 19 heavy (non-hydrogen) atoms. The number of ether oxygens (including phenoxy) is 1. The molecule has 1 aromatic heterocycles. The summed E-state index contributed by atoms with van der Waals surface area (Å²) in [5.74, 6) is -0.268. The van der Waals surface area contributed by atoms with Crippen molar-refractivity contribution >= 4 is 5.84 Å². The van der Waals surface area contributed by atoms with Gasteiger partial charge in [0.2, 0.25) is 5.88 Å². The lowest BCUT2D eigenvalue weighted by molar-refractivity contribution is -0.141. The molecule has 3 N–H and O–H groups in total. The van der Waals surface area contributed by atoms with Crippen molar-refractivity contribution in [3.05, 3.63) is 23.4 Å². The zero-order valence-corrected chi connectivity index (χ0v) is 10.7. The van der Waals surface area contributed by atoms with Gasteiger partial charge in [0.05, 0.1) is 12.2 Å². The predicted octanol–water partition coefficient (Wildman–Crippen LogP) is 2.81. The first kappa shape index (κ1) is 15.3. The smallest absolute Gasteiger partial charge is 0.433 e. The van der Waals surface area contributed by atoms with E-state index in [2.05, 4.69) is 4.98 Å². The third kappa shape index (κ3) is 4.42. The van der Waals surface area contributed by atoms with Crippen LogP contribution in [0.4, 0.5) is 13.2 Å². The molecule has 0 atom stereocenters. The number of hydrogen-bond donors (Lipinski definition) is 2. The van der Waals surface area contributed by atoms with Gasteiger partial charge in [-0.15, -0.1) is 0 Å². The van der Waals surface area contributed by atoms with Gasteiger partial charge in [-0.1, -0.05) is 13.8 Å². The molecule has 0 unspecified atom stereocenters. The van der Waals surface area contributed by atoms with Gasteiger partial charge in [-0.05, 0) is 24.5 Å². The first-order valence-electron chi connectivity index (χ1n) is 5.77. The molecule has 0 aliphatic heterocycles. The maximum absolute atomic E-state index is 12.5. The fourth-order valence-corrected chi connectivity index (χ4v) is 1.30. The Morgan fingerprint density at radius 1 is 1.42 bits per heavy atom. The highest BCUT2D eigenvalue weighted by atomic mass is 19.4. The van der Waals surface area contributed by atoms with Crippen molar-refractivity contribution in [1.29, 1.82) is 5.41 Å². The summed E-state index contributed by atoms with van der Waals surface area (Å²) < 4.78 is 42.9. The second-order valence-electron chi connectivity index (χ2n) is 4.49. The third-order valence-corrected chi connectivity index (χ3v) is 2.37. The van der Waals surface area contributed by atoms with Crippen LogP contribution in [-0.2, 0) is 6.18 Å². The highest BCUT2D eigenvalue weighted by Crippen LogP contribution is 2.30. The van der Waals surface area contributed by atoms with E-state index in [1.807, 2.05) is 13.8 Å². The summed E-state index contributed by atoms with van der Waals surface area (Å²) in [7, 11) is 0. The van der Waals surface area contributed by atoms with E-state index in [9.17, 15) is 13.2 Å². The average molecular weight is 275 g/mol. The zero-order valence-electron chi connectivity index (χ0n) is 10.7. The molecule has 0 radical (unpaired) electrons. The Bertz CT molecular complexity index is 458. The normalized spacial score (nSPS) is 11.7. The zero-order chi connectivity index (χ0) is 14.6. The summed E-state index contributed by atoms with van der Waals surface area (Å²) in [6.07, 6.45) is -3.87. The quantitative estimate of drug-likeness (QED) is 0.641. The minimum atomic E-state index is -4.55. The highest BCUT2D eigenvalue weighted by Gasteiger charge is 2.33. The SMILES string of the molecule is CC(C)CCOc1nc(C(F)(F)F)ccc1C(=N)N. The number of halogens is 3. The number of pyridine rings is 1. The highest BCUT2D eigenvalue weighted by molar-refractivity contribution is 5.97. The van der Waals surface area contributed by atoms with E-state index in [-0.39, 0.29) is 23.9 Å². The van der Waals surface area contributed by atoms with E-state index in [0.717, 1.165) is 12.1 Å². The Labute approximate surface area is 109 Å². The van der Waals surface area contributed by atoms with Crippen molar-refractivity contribution < 1.29 is 17.9 Å². The van der Waals surface area contributed by atoms with Gasteiger partial charge >= 0.3 is 6.18 Å². The molecule has 0 spiro atoms. The number of alkyl halides is 3. The number of rotatable bonds is 5. The number of nitrogens with zero attached hydrogens (tertiary/aromatic N) is 1. The largest absolute Gasteiger partial charge is 0.477 e. The van der Waals surface area contributed by atoms with Crippen LogP contribution < -0.4 is 10.5 Å². The molecule has 0 saturated carbocycles. The molecule has 1 rings (SSSR count). The molecule has 0 fully saturated rings. The second-order valence-corrected chi connectivity index (χ2v) is 4.49.